The zero-order valence-corrected chi connectivity index (χ0v) is 9.48. The molecule has 2 aromatic rings. The van der Waals surface area contributed by atoms with Crippen molar-refractivity contribution in [1.82, 2.24) is 0 Å². The van der Waals surface area contributed by atoms with Crippen molar-refractivity contribution in [2.45, 2.75) is 0 Å². The Balaban J connectivity index is 0.000000980. The Hall–Kier alpha value is -1.32. The third kappa shape index (κ3) is 2.81. The van der Waals surface area contributed by atoms with E-state index in [4.69, 9.17) is 15.9 Å². The Morgan fingerprint density at radius 1 is 1.00 bits per heavy atom. The van der Waals surface area contributed by atoms with Gasteiger partial charge in [0.15, 0.2) is 0 Å². The van der Waals surface area contributed by atoms with Crippen LogP contribution in [-0.4, -0.2) is 0 Å². The lowest BCUT2D eigenvalue weighted by molar-refractivity contribution is 0.568. The highest BCUT2D eigenvalue weighted by Crippen LogP contribution is 2.27. The van der Waals surface area contributed by atoms with Gasteiger partial charge in [0.05, 0.1) is 12.5 Å². The van der Waals surface area contributed by atoms with Crippen LogP contribution in [0.15, 0.2) is 41.2 Å². The summed E-state index contributed by atoms with van der Waals surface area (Å²) in [7, 11) is 0. The van der Waals surface area contributed by atoms with E-state index in [2.05, 4.69) is 0 Å². The van der Waals surface area contributed by atoms with Crippen molar-refractivity contribution in [2.24, 2.45) is 0 Å². The minimum absolute atomic E-state index is 0. The topological polar surface area (TPSA) is 65.2 Å². The minimum Gasteiger partial charge on any atom is -0.472 e. The summed E-state index contributed by atoms with van der Waals surface area (Å²) in [4.78, 5) is 0. The number of furan rings is 1. The molecule has 0 aliphatic rings. The number of halogens is 2. The molecule has 0 fully saturated rings. The van der Waals surface area contributed by atoms with Gasteiger partial charge in [-0.05, 0) is 24.3 Å². The Labute approximate surface area is 100 Å². The van der Waals surface area contributed by atoms with Crippen LogP contribution in [0.3, 0.4) is 0 Å². The lowest BCUT2D eigenvalue weighted by Crippen LogP contribution is -1.91. The molecule has 5 heteroatoms. The molecule has 0 aliphatic heterocycles. The van der Waals surface area contributed by atoms with Crippen molar-refractivity contribution < 1.29 is 4.42 Å². The van der Waals surface area contributed by atoms with E-state index >= 15 is 0 Å². The first kappa shape index (κ1) is 13.7. The van der Waals surface area contributed by atoms with E-state index in [1.165, 1.54) is 0 Å². The zero-order valence-electron chi connectivity index (χ0n) is 7.84. The molecule has 0 spiro atoms. The Morgan fingerprint density at radius 3 is 2.33 bits per heavy atom. The van der Waals surface area contributed by atoms with Crippen LogP contribution in [0.25, 0.3) is 11.1 Å². The largest absolute Gasteiger partial charge is 0.472 e. The van der Waals surface area contributed by atoms with Crippen molar-refractivity contribution in [2.75, 3.05) is 11.5 Å². The van der Waals surface area contributed by atoms with Crippen LogP contribution in [-0.2, 0) is 0 Å². The number of hydrogen-bond donors (Lipinski definition) is 2. The first-order chi connectivity index (χ1) is 6.27. The molecule has 4 N–H and O–H groups in total. The summed E-state index contributed by atoms with van der Waals surface area (Å²) in [5.41, 5.74) is 14.7. The highest BCUT2D eigenvalue weighted by molar-refractivity contribution is 5.85. The maximum atomic E-state index is 5.78. The van der Waals surface area contributed by atoms with E-state index < -0.39 is 0 Å². The van der Waals surface area contributed by atoms with Crippen LogP contribution < -0.4 is 11.5 Å². The zero-order chi connectivity index (χ0) is 9.26. The van der Waals surface area contributed by atoms with Crippen LogP contribution in [0.2, 0.25) is 0 Å². The lowest BCUT2D eigenvalue weighted by atomic mass is 10.1. The van der Waals surface area contributed by atoms with Crippen LogP contribution in [0.5, 0.6) is 0 Å². The molecule has 2 rings (SSSR count). The molecule has 0 radical (unpaired) electrons. The number of nitrogens with two attached hydrogens (primary N) is 2. The van der Waals surface area contributed by atoms with Crippen molar-refractivity contribution in [3.05, 3.63) is 36.8 Å². The lowest BCUT2D eigenvalue weighted by Gasteiger charge is -2.03. The molecule has 0 atom stereocenters. The van der Waals surface area contributed by atoms with Gasteiger partial charge in [0.25, 0.3) is 0 Å². The molecule has 15 heavy (non-hydrogen) atoms. The van der Waals surface area contributed by atoms with Gasteiger partial charge in [-0.15, -0.1) is 24.8 Å². The van der Waals surface area contributed by atoms with Crippen LogP contribution in [0.4, 0.5) is 11.4 Å². The third-order valence-electron chi connectivity index (χ3n) is 1.91. The molecule has 82 valence electrons. The van der Waals surface area contributed by atoms with Crippen LogP contribution in [0.1, 0.15) is 0 Å². The molecule has 1 heterocycles. The highest BCUT2D eigenvalue weighted by atomic mass is 35.5. The fourth-order valence-corrected chi connectivity index (χ4v) is 1.24. The fraction of sp³-hybridized carbons (Fsp3) is 0. The standard InChI is InChI=1S/C10H10N2O.2ClH/c11-8-1-2-10(12)9(5-8)7-3-4-13-6-7;;/h1-6H,11-12H2;2*1H. The predicted octanol–water partition coefficient (Wildman–Crippen LogP) is 2.95. The average molecular weight is 247 g/mol. The summed E-state index contributed by atoms with van der Waals surface area (Å²) >= 11 is 0. The number of nitrogen functional groups attached to an aromatic ring is 2. The molecule has 0 saturated heterocycles. The smallest absolute Gasteiger partial charge is 0.0981 e. The molecular weight excluding hydrogens is 235 g/mol. The van der Waals surface area contributed by atoms with Crippen molar-refractivity contribution >= 4 is 36.2 Å². The predicted molar refractivity (Wildman–Crippen MR) is 67.5 cm³/mol. The summed E-state index contributed by atoms with van der Waals surface area (Å²) in [6, 6.07) is 7.25. The van der Waals surface area contributed by atoms with Crippen molar-refractivity contribution in [3.63, 3.8) is 0 Å². The van der Waals surface area contributed by atoms with Crippen molar-refractivity contribution in [1.29, 1.82) is 0 Å². The number of anilines is 2. The molecule has 1 aromatic heterocycles. The summed E-state index contributed by atoms with van der Waals surface area (Å²) in [6.45, 7) is 0. The summed E-state index contributed by atoms with van der Waals surface area (Å²) < 4.78 is 4.97. The maximum absolute atomic E-state index is 5.78. The van der Waals surface area contributed by atoms with E-state index in [-0.39, 0.29) is 24.8 Å². The quantitative estimate of drug-likeness (QED) is 0.761. The van der Waals surface area contributed by atoms with Gasteiger partial charge in [0, 0.05) is 22.5 Å². The fourth-order valence-electron chi connectivity index (χ4n) is 1.24. The second-order valence-corrected chi connectivity index (χ2v) is 2.86. The van der Waals surface area contributed by atoms with Gasteiger partial charge in [0.2, 0.25) is 0 Å². The Kier molecular flexibility index (Phi) is 5.05. The molecule has 0 bridgehead atoms. The monoisotopic (exact) mass is 246 g/mol. The normalized spacial score (nSPS) is 8.80. The van der Waals surface area contributed by atoms with Gasteiger partial charge in [-0.1, -0.05) is 0 Å². The minimum atomic E-state index is 0. The molecular formula is C10H12Cl2N2O. The van der Waals surface area contributed by atoms with Gasteiger partial charge in [-0.25, -0.2) is 0 Å². The van der Waals surface area contributed by atoms with E-state index in [9.17, 15) is 0 Å². The summed E-state index contributed by atoms with van der Waals surface area (Å²) in [5.74, 6) is 0. The van der Waals surface area contributed by atoms with Gasteiger partial charge >= 0.3 is 0 Å². The summed E-state index contributed by atoms with van der Waals surface area (Å²) in [6.07, 6.45) is 3.25. The van der Waals surface area contributed by atoms with Gasteiger partial charge in [-0.3, -0.25) is 0 Å². The van der Waals surface area contributed by atoms with E-state index in [1.54, 1.807) is 24.7 Å². The van der Waals surface area contributed by atoms with Crippen LogP contribution in [0, 0.1) is 0 Å². The SMILES string of the molecule is Cl.Cl.Nc1ccc(N)c(-c2ccoc2)c1. The number of benzene rings is 1. The molecule has 3 nitrogen and oxygen atoms in total. The van der Waals surface area contributed by atoms with Gasteiger partial charge in [0.1, 0.15) is 0 Å². The second-order valence-electron chi connectivity index (χ2n) is 2.86. The Bertz CT molecular complexity index is 415. The Morgan fingerprint density at radius 2 is 1.73 bits per heavy atom. The van der Waals surface area contributed by atoms with E-state index in [1.807, 2.05) is 12.1 Å². The summed E-state index contributed by atoms with van der Waals surface area (Å²) in [5, 5.41) is 0. The first-order valence-electron chi connectivity index (χ1n) is 3.95. The van der Waals surface area contributed by atoms with E-state index in [0.717, 1.165) is 11.1 Å². The third-order valence-corrected chi connectivity index (χ3v) is 1.91. The number of rotatable bonds is 1. The molecule has 0 saturated carbocycles. The van der Waals surface area contributed by atoms with Gasteiger partial charge in [-0.2, -0.15) is 0 Å². The maximum Gasteiger partial charge on any atom is 0.0981 e. The molecule has 0 unspecified atom stereocenters. The average Bonchev–Trinajstić information content (AvgIpc) is 2.61. The van der Waals surface area contributed by atoms with Crippen molar-refractivity contribution in [3.8, 4) is 11.1 Å². The second kappa shape index (κ2) is 5.53. The molecule has 1 aromatic carbocycles. The van der Waals surface area contributed by atoms with Crippen LogP contribution >= 0.6 is 24.8 Å². The number of hydrogen-bond acceptors (Lipinski definition) is 3. The first-order valence-corrected chi connectivity index (χ1v) is 3.95. The van der Waals surface area contributed by atoms with Gasteiger partial charge < -0.3 is 15.9 Å². The molecule has 0 amide bonds. The molecule has 0 aliphatic carbocycles. The highest BCUT2D eigenvalue weighted by Gasteiger charge is 2.03. The van der Waals surface area contributed by atoms with E-state index in [0.29, 0.717) is 11.4 Å².